The molecule has 0 aliphatic carbocycles. The summed E-state index contributed by atoms with van der Waals surface area (Å²) in [5.74, 6) is 0. The summed E-state index contributed by atoms with van der Waals surface area (Å²) in [7, 11) is 11.8. The van der Waals surface area contributed by atoms with E-state index in [2.05, 4.69) is 0 Å². The Hall–Kier alpha value is -0.240. The standard InChI is InChI=1S/C9H24N3O3/c1-10(2)7-14-12(5,6)9-15-11(3,4)8-13-10/h7-9H2,1-6H3/q+3. The van der Waals surface area contributed by atoms with Crippen LogP contribution in [0, 0.1) is 0 Å². The van der Waals surface area contributed by atoms with Gasteiger partial charge in [-0.05, 0) is 0 Å². The van der Waals surface area contributed by atoms with Crippen LogP contribution in [0.25, 0.3) is 0 Å². The average Bonchev–Trinajstić information content (AvgIpc) is 2.12. The molecule has 90 valence electrons. The lowest BCUT2D eigenvalue weighted by Gasteiger charge is -2.27. The summed E-state index contributed by atoms with van der Waals surface area (Å²) in [5.41, 5.74) is 0. The number of hydrogen-bond donors (Lipinski definition) is 0. The van der Waals surface area contributed by atoms with Crippen molar-refractivity contribution in [3.05, 3.63) is 0 Å². The lowest BCUT2D eigenvalue weighted by molar-refractivity contribution is -1.17. The van der Waals surface area contributed by atoms with Gasteiger partial charge in [0.25, 0.3) is 20.2 Å². The maximum atomic E-state index is 5.71. The molecule has 0 unspecified atom stereocenters. The smallest absolute Gasteiger partial charge is 0.151 e. The van der Waals surface area contributed by atoms with E-state index in [9.17, 15) is 0 Å². The Morgan fingerprint density at radius 2 is 0.733 bits per heavy atom. The first kappa shape index (κ1) is 12.8. The van der Waals surface area contributed by atoms with Crippen LogP contribution < -0.4 is 0 Å². The van der Waals surface area contributed by atoms with Crippen molar-refractivity contribution >= 4 is 0 Å². The molecule has 6 nitrogen and oxygen atoms in total. The molecule has 0 aromatic heterocycles. The molecule has 1 aliphatic rings. The predicted octanol–water partition coefficient (Wildman–Crippen LogP) is -0.103. The summed E-state index contributed by atoms with van der Waals surface area (Å²) in [4.78, 5) is 17.1. The molecule has 0 saturated carbocycles. The van der Waals surface area contributed by atoms with E-state index in [4.69, 9.17) is 14.5 Å². The molecule has 6 heteroatoms. The molecule has 1 rings (SSSR count). The number of nitrogens with zero attached hydrogens (tertiary/aromatic N) is 3. The van der Waals surface area contributed by atoms with Crippen LogP contribution in [0.15, 0.2) is 0 Å². The third kappa shape index (κ3) is 4.42. The molecule has 0 spiro atoms. The second kappa shape index (κ2) is 3.97. The highest BCUT2D eigenvalue weighted by atomic mass is 16.9. The highest BCUT2D eigenvalue weighted by Crippen LogP contribution is 2.13. The van der Waals surface area contributed by atoms with Crippen molar-refractivity contribution in [1.29, 1.82) is 0 Å². The molecular weight excluding hydrogens is 198 g/mol. The van der Waals surface area contributed by atoms with Gasteiger partial charge in [-0.3, -0.25) is 0 Å². The zero-order valence-corrected chi connectivity index (χ0v) is 10.7. The van der Waals surface area contributed by atoms with Crippen LogP contribution in [0.4, 0.5) is 0 Å². The molecular formula is C9H24N3O3+3. The van der Waals surface area contributed by atoms with Gasteiger partial charge >= 0.3 is 0 Å². The van der Waals surface area contributed by atoms with Gasteiger partial charge in [0.15, 0.2) is 0 Å². The predicted molar refractivity (Wildman–Crippen MR) is 54.2 cm³/mol. The quantitative estimate of drug-likeness (QED) is 0.536. The third-order valence-corrected chi connectivity index (χ3v) is 2.15. The maximum absolute atomic E-state index is 5.71. The number of hydrogen-bond acceptors (Lipinski definition) is 3. The zero-order valence-electron chi connectivity index (χ0n) is 10.7. The van der Waals surface area contributed by atoms with Gasteiger partial charge in [0.05, 0.1) is 0 Å². The SMILES string of the molecule is C[N+]1(C)CO[N+](C)(C)CO[N+](C)(C)CO1. The Morgan fingerprint density at radius 3 is 0.933 bits per heavy atom. The van der Waals surface area contributed by atoms with Crippen LogP contribution in [0.2, 0.25) is 0 Å². The molecule has 0 atom stereocenters. The van der Waals surface area contributed by atoms with Gasteiger partial charge in [-0.25, -0.2) is 0 Å². The minimum atomic E-state index is 0.368. The van der Waals surface area contributed by atoms with Crippen molar-refractivity contribution in [2.45, 2.75) is 0 Å². The Bertz CT molecular complexity index is 173. The lowest BCUT2D eigenvalue weighted by Crippen LogP contribution is -2.48. The first-order chi connectivity index (χ1) is 6.62. The Kier molecular flexibility index (Phi) is 3.39. The first-order valence-electron chi connectivity index (χ1n) is 5.05. The fourth-order valence-electron chi connectivity index (χ4n) is 0.998. The third-order valence-electron chi connectivity index (χ3n) is 2.15. The summed E-state index contributed by atoms with van der Waals surface area (Å²) in [6.07, 6.45) is 0. The summed E-state index contributed by atoms with van der Waals surface area (Å²) in [5, 5.41) is 0. The summed E-state index contributed by atoms with van der Waals surface area (Å²) < 4.78 is 1.10. The van der Waals surface area contributed by atoms with Crippen molar-refractivity contribution < 1.29 is 28.5 Å². The van der Waals surface area contributed by atoms with Gasteiger partial charge in [-0.1, -0.05) is 0 Å². The normalized spacial score (nSPS) is 30.0. The van der Waals surface area contributed by atoms with Gasteiger partial charge < -0.3 is 0 Å². The van der Waals surface area contributed by atoms with Crippen molar-refractivity contribution in [1.82, 2.24) is 0 Å². The van der Waals surface area contributed by atoms with E-state index in [0.717, 1.165) is 0 Å². The Labute approximate surface area is 91.8 Å². The second-order valence-electron chi connectivity index (χ2n) is 5.50. The minimum Gasteiger partial charge on any atom is -0.151 e. The van der Waals surface area contributed by atoms with Crippen LogP contribution >= 0.6 is 0 Å². The van der Waals surface area contributed by atoms with Crippen LogP contribution in [0.1, 0.15) is 0 Å². The molecule has 1 fully saturated rings. The first-order valence-corrected chi connectivity index (χ1v) is 5.05. The van der Waals surface area contributed by atoms with Crippen molar-refractivity contribution in [3.63, 3.8) is 0 Å². The van der Waals surface area contributed by atoms with Gasteiger partial charge in [0.1, 0.15) is 42.3 Å². The molecule has 0 amide bonds. The lowest BCUT2D eigenvalue weighted by atomic mass is 10.8. The van der Waals surface area contributed by atoms with Gasteiger partial charge in [-0.15, -0.1) is 14.5 Å². The number of rotatable bonds is 0. The summed E-state index contributed by atoms with van der Waals surface area (Å²) in [6, 6.07) is 0. The molecule has 0 aromatic rings. The number of quaternary nitrogens is 3. The Morgan fingerprint density at radius 1 is 0.533 bits per heavy atom. The van der Waals surface area contributed by atoms with Crippen LogP contribution in [0.5, 0.6) is 0 Å². The van der Waals surface area contributed by atoms with E-state index in [-0.39, 0.29) is 0 Å². The monoisotopic (exact) mass is 222 g/mol. The van der Waals surface area contributed by atoms with E-state index >= 15 is 0 Å². The topological polar surface area (TPSA) is 27.7 Å². The Balaban J connectivity index is 2.74. The van der Waals surface area contributed by atoms with Crippen LogP contribution in [0.3, 0.4) is 0 Å². The van der Waals surface area contributed by atoms with E-state index in [1.54, 1.807) is 0 Å². The molecule has 0 N–H and O–H groups in total. The average molecular weight is 222 g/mol. The zero-order chi connectivity index (χ0) is 11.7. The highest BCUT2D eigenvalue weighted by Gasteiger charge is 2.34. The highest BCUT2D eigenvalue weighted by molar-refractivity contribution is 4.05. The van der Waals surface area contributed by atoms with Gasteiger partial charge in [0, 0.05) is 0 Å². The van der Waals surface area contributed by atoms with Crippen LogP contribution in [-0.2, 0) is 14.5 Å². The van der Waals surface area contributed by atoms with E-state index in [1.807, 2.05) is 42.3 Å². The van der Waals surface area contributed by atoms with E-state index in [1.165, 1.54) is 0 Å². The maximum Gasteiger partial charge on any atom is 0.264 e. The molecule has 0 bridgehead atoms. The van der Waals surface area contributed by atoms with Crippen LogP contribution in [-0.4, -0.2) is 76.4 Å². The second-order valence-corrected chi connectivity index (χ2v) is 5.50. The molecule has 1 saturated heterocycles. The molecule has 1 heterocycles. The minimum absolute atomic E-state index is 0.368. The molecule has 15 heavy (non-hydrogen) atoms. The van der Waals surface area contributed by atoms with Crippen molar-refractivity contribution in [3.8, 4) is 0 Å². The summed E-state index contributed by atoms with van der Waals surface area (Å²) >= 11 is 0. The van der Waals surface area contributed by atoms with Gasteiger partial charge in [0.2, 0.25) is 0 Å². The fraction of sp³-hybridized carbons (Fsp3) is 1.00. The fourth-order valence-corrected chi connectivity index (χ4v) is 0.998. The summed E-state index contributed by atoms with van der Waals surface area (Å²) in [6.45, 7) is 1.49. The van der Waals surface area contributed by atoms with E-state index in [0.29, 0.717) is 34.1 Å². The number of hydroxylamine groups is 9. The van der Waals surface area contributed by atoms with Gasteiger partial charge in [-0.2, -0.15) is 13.9 Å². The largest absolute Gasteiger partial charge is 0.264 e. The molecule has 0 radical (unpaired) electrons. The van der Waals surface area contributed by atoms with Crippen molar-refractivity contribution in [2.24, 2.45) is 0 Å². The molecule has 1 aliphatic heterocycles. The molecule has 0 aromatic carbocycles. The van der Waals surface area contributed by atoms with Crippen molar-refractivity contribution in [2.75, 3.05) is 62.5 Å². The van der Waals surface area contributed by atoms with E-state index < -0.39 is 0 Å².